The summed E-state index contributed by atoms with van der Waals surface area (Å²) in [5.74, 6) is -0.622. The lowest BCUT2D eigenvalue weighted by atomic mass is 10.0. The number of hydrogen-bond acceptors (Lipinski definition) is 3. The summed E-state index contributed by atoms with van der Waals surface area (Å²) in [5, 5.41) is 4.31. The number of carbonyl (C=O) groups is 1. The van der Waals surface area contributed by atoms with Crippen LogP contribution < -0.4 is 5.32 Å². The number of halogens is 2. The first-order valence-corrected chi connectivity index (χ1v) is 10.6. The van der Waals surface area contributed by atoms with E-state index >= 15 is 0 Å². The van der Waals surface area contributed by atoms with Crippen LogP contribution in [0.4, 0.5) is 10.1 Å². The minimum absolute atomic E-state index is 0.288. The summed E-state index contributed by atoms with van der Waals surface area (Å²) in [6.45, 7) is 4.04. The highest BCUT2D eigenvalue weighted by Crippen LogP contribution is 2.30. The van der Waals surface area contributed by atoms with Crippen molar-refractivity contribution in [3.63, 3.8) is 0 Å². The molecule has 7 heteroatoms. The van der Waals surface area contributed by atoms with Gasteiger partial charge in [-0.05, 0) is 60.6 Å². The second kappa shape index (κ2) is 8.80. The summed E-state index contributed by atoms with van der Waals surface area (Å²) >= 11 is 7.76. The van der Waals surface area contributed by atoms with Crippen LogP contribution in [0, 0.1) is 5.82 Å². The van der Waals surface area contributed by atoms with E-state index in [9.17, 15) is 9.18 Å². The van der Waals surface area contributed by atoms with E-state index in [0.717, 1.165) is 23.2 Å². The number of anilines is 1. The average molecular weight is 418 g/mol. The van der Waals surface area contributed by atoms with Crippen LogP contribution in [0.3, 0.4) is 0 Å². The fourth-order valence-corrected chi connectivity index (χ4v) is 3.96. The molecule has 0 spiro atoms. The molecule has 146 valence electrons. The lowest BCUT2D eigenvalue weighted by molar-refractivity contribution is 0.102. The number of nitrogens with one attached hydrogen (secondary N) is 1. The van der Waals surface area contributed by atoms with Crippen molar-refractivity contribution in [1.82, 2.24) is 9.55 Å². The Bertz CT molecular complexity index is 1000. The van der Waals surface area contributed by atoms with Crippen LogP contribution in [-0.2, 0) is 12.8 Å². The minimum Gasteiger partial charge on any atom is -0.320 e. The summed E-state index contributed by atoms with van der Waals surface area (Å²) in [7, 11) is 0. The zero-order chi connectivity index (χ0) is 20.3. The molecule has 0 aliphatic rings. The van der Waals surface area contributed by atoms with E-state index < -0.39 is 0 Å². The molecule has 0 bridgehead atoms. The Morgan fingerprint density at radius 1 is 1.18 bits per heavy atom. The number of hydrogen-bond donors (Lipinski definition) is 1. The molecule has 1 aromatic heterocycles. The molecule has 0 aliphatic heterocycles. The van der Waals surface area contributed by atoms with Gasteiger partial charge in [0.1, 0.15) is 11.5 Å². The Kier molecular flexibility index (Phi) is 6.42. The van der Waals surface area contributed by atoms with Crippen molar-refractivity contribution in [3.05, 3.63) is 70.3 Å². The molecule has 1 N–H and O–H groups in total. The number of carbonyl (C=O) groups excluding carboxylic acids is 1. The molecule has 0 atom stereocenters. The van der Waals surface area contributed by atoms with E-state index in [4.69, 9.17) is 11.6 Å². The summed E-state index contributed by atoms with van der Waals surface area (Å²) in [6.07, 6.45) is 4.89. The third-order valence-corrected chi connectivity index (χ3v) is 5.55. The van der Waals surface area contributed by atoms with E-state index in [-0.39, 0.29) is 11.7 Å². The average Bonchev–Trinajstić information content (AvgIpc) is 3.13. The van der Waals surface area contributed by atoms with Gasteiger partial charge in [0.25, 0.3) is 5.91 Å². The highest BCUT2D eigenvalue weighted by molar-refractivity contribution is 7.98. The highest BCUT2D eigenvalue weighted by atomic mass is 35.5. The minimum atomic E-state index is -0.334. The number of amides is 1. The van der Waals surface area contributed by atoms with Crippen LogP contribution in [0.15, 0.2) is 47.8 Å². The van der Waals surface area contributed by atoms with Crippen molar-refractivity contribution in [1.29, 1.82) is 0 Å². The zero-order valence-electron chi connectivity index (χ0n) is 15.9. The van der Waals surface area contributed by atoms with Gasteiger partial charge in [0.05, 0.1) is 6.20 Å². The van der Waals surface area contributed by atoms with Gasteiger partial charge in [0, 0.05) is 16.4 Å². The van der Waals surface area contributed by atoms with Gasteiger partial charge < -0.3 is 5.32 Å². The molecule has 3 rings (SSSR count). The molecular weight excluding hydrogens is 397 g/mol. The number of imidazole rings is 1. The summed E-state index contributed by atoms with van der Waals surface area (Å²) in [5.41, 5.74) is 3.73. The second-order valence-corrected chi connectivity index (χ2v) is 7.34. The van der Waals surface area contributed by atoms with E-state index in [1.165, 1.54) is 30.1 Å². The third kappa shape index (κ3) is 3.93. The topological polar surface area (TPSA) is 46.9 Å². The first-order valence-electron chi connectivity index (χ1n) is 8.99. The molecule has 4 nitrogen and oxygen atoms in total. The molecule has 1 heterocycles. The van der Waals surface area contributed by atoms with Crippen LogP contribution in [0.25, 0.3) is 5.69 Å². The van der Waals surface area contributed by atoms with Gasteiger partial charge in [0.2, 0.25) is 0 Å². The van der Waals surface area contributed by atoms with Gasteiger partial charge in [0.15, 0.2) is 5.16 Å². The second-order valence-electron chi connectivity index (χ2n) is 6.16. The van der Waals surface area contributed by atoms with Crippen molar-refractivity contribution >= 4 is 35.0 Å². The van der Waals surface area contributed by atoms with Crippen LogP contribution in [0.1, 0.15) is 35.5 Å². The monoisotopic (exact) mass is 417 g/mol. The molecule has 1 amide bonds. The standard InChI is InChI=1S/C21H21ClFN3OS/c1-4-13-6-11-17(22)16(5-2)19(13)25-20(27)18-12-24-21(28-3)26(18)15-9-7-14(23)8-10-15/h6-12H,4-5H2,1-3H3,(H,25,27). The number of nitrogens with zero attached hydrogens (tertiary/aromatic N) is 2. The fourth-order valence-electron chi connectivity index (χ4n) is 3.12. The van der Waals surface area contributed by atoms with Crippen LogP contribution >= 0.6 is 23.4 Å². The summed E-state index contributed by atoms with van der Waals surface area (Å²) < 4.78 is 15.1. The predicted molar refractivity (Wildman–Crippen MR) is 113 cm³/mol. The first kappa shape index (κ1) is 20.4. The maximum atomic E-state index is 13.3. The molecule has 0 aliphatic carbocycles. The lowest BCUT2D eigenvalue weighted by Crippen LogP contribution is -2.19. The fraction of sp³-hybridized carbons (Fsp3) is 0.238. The molecule has 0 unspecified atom stereocenters. The van der Waals surface area contributed by atoms with Crippen LogP contribution in [0.5, 0.6) is 0 Å². The molecule has 3 aromatic rings. The predicted octanol–water partition coefficient (Wildman–Crippen LogP) is 5.76. The largest absolute Gasteiger partial charge is 0.320 e. The molecular formula is C21H21ClFN3OS. The Labute approximate surface area is 173 Å². The molecule has 0 saturated carbocycles. The Hall–Kier alpha value is -2.31. The molecule has 28 heavy (non-hydrogen) atoms. The van der Waals surface area contributed by atoms with E-state index in [2.05, 4.69) is 10.3 Å². The number of aromatic nitrogens is 2. The summed E-state index contributed by atoms with van der Waals surface area (Å²) in [4.78, 5) is 17.5. The first-order chi connectivity index (χ1) is 13.5. The van der Waals surface area contributed by atoms with Crippen LogP contribution in [-0.4, -0.2) is 21.7 Å². The van der Waals surface area contributed by atoms with Crippen molar-refractivity contribution in [2.24, 2.45) is 0 Å². The Morgan fingerprint density at radius 2 is 1.89 bits per heavy atom. The van der Waals surface area contributed by atoms with E-state index in [1.54, 1.807) is 16.7 Å². The molecule has 2 aromatic carbocycles. The van der Waals surface area contributed by atoms with Gasteiger partial charge in [-0.25, -0.2) is 9.37 Å². The highest BCUT2D eigenvalue weighted by Gasteiger charge is 2.20. The van der Waals surface area contributed by atoms with E-state index in [1.807, 2.05) is 32.2 Å². The Balaban J connectivity index is 2.05. The van der Waals surface area contributed by atoms with E-state index in [0.29, 0.717) is 28.0 Å². The van der Waals surface area contributed by atoms with Gasteiger partial charge in [-0.2, -0.15) is 0 Å². The number of thioether (sulfide) groups is 1. The van der Waals surface area contributed by atoms with Gasteiger partial charge in [-0.15, -0.1) is 0 Å². The van der Waals surface area contributed by atoms with Crippen molar-refractivity contribution in [3.8, 4) is 5.69 Å². The number of benzene rings is 2. The summed E-state index contributed by atoms with van der Waals surface area (Å²) in [6, 6.07) is 9.78. The van der Waals surface area contributed by atoms with Gasteiger partial charge in [-0.1, -0.05) is 43.3 Å². The third-order valence-electron chi connectivity index (χ3n) is 4.54. The maximum absolute atomic E-state index is 13.3. The van der Waals surface area contributed by atoms with Gasteiger partial charge in [-0.3, -0.25) is 9.36 Å². The number of rotatable bonds is 6. The smallest absolute Gasteiger partial charge is 0.274 e. The SMILES string of the molecule is CCc1ccc(Cl)c(CC)c1NC(=O)c1cnc(SC)n1-c1ccc(F)cc1. The zero-order valence-corrected chi connectivity index (χ0v) is 17.5. The van der Waals surface area contributed by atoms with Gasteiger partial charge >= 0.3 is 0 Å². The quantitative estimate of drug-likeness (QED) is 0.518. The molecule has 0 fully saturated rings. The van der Waals surface area contributed by atoms with Crippen molar-refractivity contribution < 1.29 is 9.18 Å². The maximum Gasteiger partial charge on any atom is 0.274 e. The number of aryl methyl sites for hydroxylation is 1. The molecule has 0 radical (unpaired) electrons. The Morgan fingerprint density at radius 3 is 2.50 bits per heavy atom. The molecule has 0 saturated heterocycles. The lowest BCUT2D eigenvalue weighted by Gasteiger charge is -2.17. The van der Waals surface area contributed by atoms with Crippen molar-refractivity contribution in [2.75, 3.05) is 11.6 Å². The van der Waals surface area contributed by atoms with Crippen LogP contribution in [0.2, 0.25) is 5.02 Å². The normalized spacial score (nSPS) is 10.9. The van der Waals surface area contributed by atoms with Crippen molar-refractivity contribution in [2.45, 2.75) is 31.8 Å².